The van der Waals surface area contributed by atoms with Crippen molar-refractivity contribution in [3.05, 3.63) is 41.0 Å². The maximum Gasteiger partial charge on any atom is 0.267 e. The lowest BCUT2D eigenvalue weighted by Crippen LogP contribution is -2.57. The summed E-state index contributed by atoms with van der Waals surface area (Å²) in [5.41, 5.74) is 4.44. The van der Waals surface area contributed by atoms with Crippen molar-refractivity contribution in [2.75, 3.05) is 6.54 Å². The van der Waals surface area contributed by atoms with Crippen molar-refractivity contribution in [1.29, 1.82) is 5.26 Å². The summed E-state index contributed by atoms with van der Waals surface area (Å²) in [6.07, 6.45) is 6.27. The number of aryl methyl sites for hydroxylation is 1. The van der Waals surface area contributed by atoms with E-state index >= 15 is 0 Å². The van der Waals surface area contributed by atoms with Crippen LogP contribution in [0.5, 0.6) is 0 Å². The average Bonchev–Trinajstić information content (AvgIpc) is 3.62. The van der Waals surface area contributed by atoms with Gasteiger partial charge in [0.1, 0.15) is 12.1 Å². The Hall–Kier alpha value is -3.19. The van der Waals surface area contributed by atoms with Gasteiger partial charge < -0.3 is 15.5 Å². The number of thiazole rings is 1. The molecule has 2 fully saturated rings. The zero-order chi connectivity index (χ0) is 29.6. The Labute approximate surface area is 248 Å². The van der Waals surface area contributed by atoms with Crippen molar-refractivity contribution >= 4 is 35.8 Å². The van der Waals surface area contributed by atoms with Crippen molar-refractivity contribution in [2.24, 2.45) is 11.3 Å². The molecule has 0 radical (unpaired) electrons. The van der Waals surface area contributed by atoms with Gasteiger partial charge in [-0.25, -0.2) is 10.2 Å². The first kappa shape index (κ1) is 30.8. The fourth-order valence-electron chi connectivity index (χ4n) is 5.93. The Bertz CT molecular complexity index is 1260. The number of nitrogens with zero attached hydrogens (tertiary/aromatic N) is 3. The summed E-state index contributed by atoms with van der Waals surface area (Å²) in [6, 6.07) is 6.85. The van der Waals surface area contributed by atoms with Crippen molar-refractivity contribution in [1.82, 2.24) is 20.5 Å². The minimum absolute atomic E-state index is 0.127. The molecule has 2 N–H and O–H groups in total. The Morgan fingerprint density at radius 3 is 2.49 bits per heavy atom. The molecular weight excluding hydrogens is 533 g/mol. The van der Waals surface area contributed by atoms with E-state index in [1.54, 1.807) is 16.2 Å². The van der Waals surface area contributed by atoms with Gasteiger partial charge in [-0.2, -0.15) is 0 Å². The van der Waals surface area contributed by atoms with E-state index < -0.39 is 17.5 Å². The second-order valence-electron chi connectivity index (χ2n) is 12.6. The third-order valence-corrected chi connectivity index (χ3v) is 9.47. The Morgan fingerprint density at radius 2 is 1.88 bits per heavy atom. The summed E-state index contributed by atoms with van der Waals surface area (Å²) in [7, 11) is 0. The van der Waals surface area contributed by atoms with Crippen LogP contribution in [0.2, 0.25) is 12.6 Å². The lowest BCUT2D eigenvalue weighted by molar-refractivity contribution is -0.144. The first-order valence-corrected chi connectivity index (χ1v) is 15.7. The van der Waals surface area contributed by atoms with Crippen LogP contribution in [-0.4, -0.2) is 52.9 Å². The quantitative estimate of drug-likeness (QED) is 0.408. The number of hydrogen-bond acceptors (Lipinski definition) is 6. The molecule has 4 rings (SSSR count). The predicted octanol–water partition coefficient (Wildman–Crippen LogP) is 5.00. The molecular formula is C31H42BN5O3S. The first-order chi connectivity index (χ1) is 19.6. The molecule has 10 heteroatoms. The molecule has 0 spiro atoms. The first-order valence-electron chi connectivity index (χ1n) is 14.8. The van der Waals surface area contributed by atoms with Crippen LogP contribution in [0.25, 0.3) is 10.4 Å². The summed E-state index contributed by atoms with van der Waals surface area (Å²) in [6.45, 7) is 8.87. The summed E-state index contributed by atoms with van der Waals surface area (Å²) in [4.78, 5) is 47.1. The smallest absolute Gasteiger partial charge is 0.267 e. The van der Waals surface area contributed by atoms with Gasteiger partial charge in [0.15, 0.2) is 0 Å². The summed E-state index contributed by atoms with van der Waals surface area (Å²) < 4.78 is 0. The Morgan fingerprint density at radius 1 is 1.17 bits per heavy atom. The van der Waals surface area contributed by atoms with Gasteiger partial charge in [0.25, 0.3) is 6.71 Å². The van der Waals surface area contributed by atoms with E-state index in [0.29, 0.717) is 31.8 Å². The molecule has 41 heavy (non-hydrogen) atoms. The minimum atomic E-state index is -0.708. The number of nitrogens with one attached hydrogen (secondary N) is 2. The summed E-state index contributed by atoms with van der Waals surface area (Å²) >= 11 is 1.61. The highest BCUT2D eigenvalue weighted by atomic mass is 32.1. The zero-order valence-electron chi connectivity index (χ0n) is 24.7. The van der Waals surface area contributed by atoms with E-state index in [1.165, 1.54) is 0 Å². The average molecular weight is 576 g/mol. The number of benzene rings is 1. The molecule has 2 unspecified atom stereocenters. The van der Waals surface area contributed by atoms with Crippen LogP contribution in [-0.2, 0) is 20.9 Å². The number of hydrogen-bond donors (Lipinski definition) is 2. The molecule has 2 aliphatic heterocycles. The van der Waals surface area contributed by atoms with Crippen LogP contribution < -0.4 is 10.6 Å². The van der Waals surface area contributed by atoms with Gasteiger partial charge in [-0.15, -0.1) is 11.3 Å². The Kier molecular flexibility index (Phi) is 10.2. The maximum absolute atomic E-state index is 13.8. The van der Waals surface area contributed by atoms with E-state index in [-0.39, 0.29) is 24.4 Å². The molecule has 2 aliphatic rings. The molecule has 2 saturated heterocycles. The zero-order valence-corrected chi connectivity index (χ0v) is 25.6. The SMILES string of the molecule is Cc1ncsc1-c1ccc(CNC(=O)C2CCCN2C(=O)C(NC(=O)CCC2CCB(C#N)CC2)C(C)(C)C)cc1. The number of carbonyl (C=O) groups excluding carboxylic acids is 3. The second-order valence-corrected chi connectivity index (χ2v) is 13.5. The van der Waals surface area contributed by atoms with Crippen LogP contribution >= 0.6 is 11.3 Å². The molecule has 8 nitrogen and oxygen atoms in total. The van der Waals surface area contributed by atoms with Gasteiger partial charge in [-0.3, -0.25) is 14.4 Å². The normalized spacial score (nSPS) is 18.6. The lowest BCUT2D eigenvalue weighted by atomic mass is 9.41. The van der Waals surface area contributed by atoms with E-state index in [0.717, 1.165) is 60.0 Å². The van der Waals surface area contributed by atoms with Crippen LogP contribution in [0, 0.1) is 29.5 Å². The van der Waals surface area contributed by atoms with Gasteiger partial charge in [0.2, 0.25) is 17.7 Å². The van der Waals surface area contributed by atoms with E-state index in [4.69, 9.17) is 5.26 Å². The monoisotopic (exact) mass is 575 g/mol. The molecule has 0 saturated carbocycles. The van der Waals surface area contributed by atoms with E-state index in [2.05, 4.69) is 21.6 Å². The molecule has 218 valence electrons. The van der Waals surface area contributed by atoms with Crippen LogP contribution in [0.1, 0.15) is 70.6 Å². The molecule has 1 aromatic carbocycles. The fourth-order valence-corrected chi connectivity index (χ4v) is 6.74. The number of carbonyl (C=O) groups is 3. The standard InChI is InChI=1S/C31H42BN5O3S/c1-21-27(41-20-35-21)24-10-7-23(8-11-24)18-34-29(39)25-6-5-17-37(25)30(40)28(31(2,3)4)36-26(38)12-9-22-13-15-32(19-33)16-14-22/h7-8,10-11,20,22,25,28H,5-6,9,12-18H2,1-4H3,(H,34,39)(H,36,38). The van der Waals surface area contributed by atoms with Gasteiger partial charge >= 0.3 is 0 Å². The second kappa shape index (κ2) is 13.7. The lowest BCUT2D eigenvalue weighted by Gasteiger charge is -2.35. The molecule has 0 aliphatic carbocycles. The number of nitriles is 1. The number of rotatable bonds is 9. The van der Waals surface area contributed by atoms with Crippen molar-refractivity contribution < 1.29 is 14.4 Å². The summed E-state index contributed by atoms with van der Waals surface area (Å²) in [5, 5.41) is 15.2. The Balaban J connectivity index is 1.31. The van der Waals surface area contributed by atoms with Crippen LogP contribution in [0.3, 0.4) is 0 Å². The molecule has 1 aromatic heterocycles. The third kappa shape index (κ3) is 7.97. The van der Waals surface area contributed by atoms with Gasteiger partial charge in [-0.1, -0.05) is 70.5 Å². The third-order valence-electron chi connectivity index (χ3n) is 8.49. The van der Waals surface area contributed by atoms with Gasteiger partial charge in [-0.05, 0) is 48.6 Å². The highest BCUT2D eigenvalue weighted by molar-refractivity contribution is 7.13. The van der Waals surface area contributed by atoms with Crippen molar-refractivity contribution in [3.63, 3.8) is 0 Å². The minimum Gasteiger partial charge on any atom is -0.350 e. The topological polar surface area (TPSA) is 115 Å². The highest BCUT2D eigenvalue weighted by Crippen LogP contribution is 2.30. The summed E-state index contributed by atoms with van der Waals surface area (Å²) in [5.74, 6) is 2.33. The highest BCUT2D eigenvalue weighted by Gasteiger charge is 2.41. The van der Waals surface area contributed by atoms with E-state index in [1.807, 2.05) is 57.5 Å². The van der Waals surface area contributed by atoms with Gasteiger partial charge in [0.05, 0.1) is 16.1 Å². The van der Waals surface area contributed by atoms with Crippen molar-refractivity contribution in [2.45, 2.75) is 97.5 Å². The maximum atomic E-state index is 13.8. The number of amides is 3. The molecule has 0 bridgehead atoms. The fraction of sp³-hybridized carbons (Fsp3) is 0.581. The number of aromatic nitrogens is 1. The number of likely N-dealkylation sites (tertiary alicyclic amines) is 1. The van der Waals surface area contributed by atoms with Gasteiger partial charge in [0, 0.05) is 25.5 Å². The molecule has 3 heterocycles. The van der Waals surface area contributed by atoms with Crippen LogP contribution in [0.4, 0.5) is 0 Å². The van der Waals surface area contributed by atoms with Crippen molar-refractivity contribution in [3.8, 4) is 16.4 Å². The molecule has 3 amide bonds. The molecule has 2 atom stereocenters. The van der Waals surface area contributed by atoms with E-state index in [9.17, 15) is 14.4 Å². The largest absolute Gasteiger partial charge is 0.350 e. The van der Waals surface area contributed by atoms with Crippen LogP contribution in [0.15, 0.2) is 29.8 Å². The predicted molar refractivity (Wildman–Crippen MR) is 163 cm³/mol. The molecule has 2 aromatic rings.